The first-order valence-corrected chi connectivity index (χ1v) is 5.17. The number of aromatic nitrogens is 1. The fraction of sp³-hybridized carbons (Fsp3) is 0.167. The molecule has 7 heteroatoms. The van der Waals surface area contributed by atoms with Crippen LogP contribution in [0.25, 0.3) is 10.9 Å². The van der Waals surface area contributed by atoms with Crippen LogP contribution in [0.4, 0.5) is 13.2 Å². The molecule has 0 bridgehead atoms. The summed E-state index contributed by atoms with van der Waals surface area (Å²) in [5, 5.41) is 0.142. The van der Waals surface area contributed by atoms with Crippen LogP contribution >= 0.6 is 0 Å². The predicted octanol–water partition coefficient (Wildman–Crippen LogP) is 2.36. The summed E-state index contributed by atoms with van der Waals surface area (Å²) < 4.78 is 42.8. The van der Waals surface area contributed by atoms with Gasteiger partial charge in [-0.2, -0.15) is 13.2 Å². The quantitative estimate of drug-likeness (QED) is 0.911. The van der Waals surface area contributed by atoms with Gasteiger partial charge in [0.1, 0.15) is 11.3 Å². The molecule has 1 aromatic carbocycles. The zero-order valence-electron chi connectivity index (χ0n) is 9.78. The molecule has 100 valence electrons. The van der Waals surface area contributed by atoms with E-state index in [4.69, 9.17) is 10.5 Å². The van der Waals surface area contributed by atoms with Gasteiger partial charge in [0.05, 0.1) is 12.7 Å². The zero-order valence-corrected chi connectivity index (χ0v) is 9.78. The lowest BCUT2D eigenvalue weighted by atomic mass is 10.1. The fourth-order valence-electron chi connectivity index (χ4n) is 1.67. The lowest BCUT2D eigenvalue weighted by molar-refractivity contribution is -0.137. The lowest BCUT2D eigenvalue weighted by Gasteiger charge is -2.10. The Morgan fingerprint density at radius 3 is 2.53 bits per heavy atom. The van der Waals surface area contributed by atoms with Gasteiger partial charge >= 0.3 is 6.18 Å². The van der Waals surface area contributed by atoms with Crippen molar-refractivity contribution in [1.82, 2.24) is 4.98 Å². The highest BCUT2D eigenvalue weighted by molar-refractivity contribution is 5.99. The Bertz CT molecular complexity index is 653. The highest BCUT2D eigenvalue weighted by Gasteiger charge is 2.31. The van der Waals surface area contributed by atoms with Crippen molar-refractivity contribution >= 4 is 16.8 Å². The molecule has 0 radical (unpaired) electrons. The van der Waals surface area contributed by atoms with Gasteiger partial charge in [-0.25, -0.2) is 0 Å². The topological polar surface area (TPSA) is 65.2 Å². The Kier molecular flexibility index (Phi) is 3.05. The minimum absolute atomic E-state index is 0.0606. The van der Waals surface area contributed by atoms with Crippen molar-refractivity contribution in [3.05, 3.63) is 35.5 Å². The molecule has 0 aliphatic heterocycles. The highest BCUT2D eigenvalue weighted by Crippen LogP contribution is 2.33. The molecule has 0 spiro atoms. The number of hydrogen-bond acceptors (Lipinski definition) is 3. The number of ether oxygens (including phenoxy) is 1. The number of carbonyl (C=O) groups excluding carboxylic acids is 1. The Hall–Kier alpha value is -2.31. The van der Waals surface area contributed by atoms with E-state index in [0.29, 0.717) is 0 Å². The normalized spacial score (nSPS) is 11.6. The summed E-state index contributed by atoms with van der Waals surface area (Å²) in [6, 6.07) is 3.49. The number of rotatable bonds is 2. The van der Waals surface area contributed by atoms with E-state index in [9.17, 15) is 18.0 Å². The monoisotopic (exact) mass is 270 g/mol. The van der Waals surface area contributed by atoms with E-state index in [1.165, 1.54) is 19.2 Å². The van der Waals surface area contributed by atoms with Crippen molar-refractivity contribution in [2.24, 2.45) is 5.73 Å². The van der Waals surface area contributed by atoms with Gasteiger partial charge in [-0.15, -0.1) is 0 Å². The Balaban J connectivity index is 2.73. The van der Waals surface area contributed by atoms with Crippen LogP contribution in [-0.2, 0) is 6.18 Å². The van der Waals surface area contributed by atoms with Crippen LogP contribution in [-0.4, -0.2) is 18.0 Å². The number of carbonyl (C=O) groups is 1. The van der Waals surface area contributed by atoms with Gasteiger partial charge in [0, 0.05) is 17.1 Å². The number of halogens is 3. The molecule has 1 amide bonds. The van der Waals surface area contributed by atoms with E-state index in [1.807, 2.05) is 0 Å². The predicted molar refractivity (Wildman–Crippen MR) is 61.8 cm³/mol. The standard InChI is InChI=1S/C12H9F3N2O2/c1-19-9-4-7(11(16)18)2-6-3-8(12(13,14)15)5-17-10(6)9/h2-5H,1H3,(H2,16,18). The van der Waals surface area contributed by atoms with Crippen LogP contribution < -0.4 is 10.5 Å². The summed E-state index contributed by atoms with van der Waals surface area (Å²) in [5.41, 5.74) is 4.51. The molecule has 1 heterocycles. The number of pyridine rings is 1. The number of alkyl halides is 3. The molecule has 2 N–H and O–H groups in total. The molecule has 2 rings (SSSR count). The maximum absolute atomic E-state index is 12.6. The van der Waals surface area contributed by atoms with E-state index in [1.54, 1.807) is 0 Å². The van der Waals surface area contributed by atoms with Crippen LogP contribution in [0.15, 0.2) is 24.4 Å². The van der Waals surface area contributed by atoms with Gasteiger partial charge in [-0.1, -0.05) is 0 Å². The largest absolute Gasteiger partial charge is 0.494 e. The average Bonchev–Trinajstić information content (AvgIpc) is 2.35. The van der Waals surface area contributed by atoms with E-state index < -0.39 is 17.6 Å². The average molecular weight is 270 g/mol. The van der Waals surface area contributed by atoms with Gasteiger partial charge in [0.15, 0.2) is 0 Å². The van der Waals surface area contributed by atoms with Gasteiger partial charge < -0.3 is 10.5 Å². The van der Waals surface area contributed by atoms with Crippen molar-refractivity contribution in [2.45, 2.75) is 6.18 Å². The van der Waals surface area contributed by atoms with Crippen LogP contribution in [0.1, 0.15) is 15.9 Å². The molecular formula is C12H9F3N2O2. The van der Waals surface area contributed by atoms with Crippen molar-refractivity contribution in [1.29, 1.82) is 0 Å². The molecule has 1 aromatic heterocycles. The Labute approximate surface area is 106 Å². The molecule has 0 aliphatic rings. The molecule has 0 atom stereocenters. The molecule has 19 heavy (non-hydrogen) atoms. The Morgan fingerprint density at radius 1 is 1.32 bits per heavy atom. The van der Waals surface area contributed by atoms with E-state index in [0.717, 1.165) is 12.3 Å². The molecule has 0 aliphatic carbocycles. The van der Waals surface area contributed by atoms with Crippen LogP contribution in [0.2, 0.25) is 0 Å². The molecule has 4 nitrogen and oxygen atoms in total. The van der Waals surface area contributed by atoms with Crippen LogP contribution in [0.3, 0.4) is 0 Å². The molecule has 0 unspecified atom stereocenters. The second-order valence-electron chi connectivity index (χ2n) is 3.84. The highest BCUT2D eigenvalue weighted by atomic mass is 19.4. The second-order valence-corrected chi connectivity index (χ2v) is 3.84. The molecule has 2 aromatic rings. The number of nitrogens with zero attached hydrogens (tertiary/aromatic N) is 1. The maximum Gasteiger partial charge on any atom is 0.417 e. The summed E-state index contributed by atoms with van der Waals surface area (Å²) in [6.45, 7) is 0. The minimum atomic E-state index is -4.50. The van der Waals surface area contributed by atoms with Crippen LogP contribution in [0, 0.1) is 0 Å². The first kappa shape index (κ1) is 13.1. The Morgan fingerprint density at radius 2 is 2.00 bits per heavy atom. The summed E-state index contributed by atoms with van der Waals surface area (Å²) in [6.07, 6.45) is -3.79. The van der Waals surface area contributed by atoms with E-state index in [-0.39, 0.29) is 22.2 Å². The number of fused-ring (bicyclic) bond motifs is 1. The number of primary amides is 1. The lowest BCUT2D eigenvalue weighted by Crippen LogP contribution is -2.11. The number of methoxy groups -OCH3 is 1. The maximum atomic E-state index is 12.6. The third-order valence-corrected chi connectivity index (χ3v) is 2.58. The zero-order chi connectivity index (χ0) is 14.2. The SMILES string of the molecule is COc1cc(C(N)=O)cc2cc(C(F)(F)F)cnc12. The smallest absolute Gasteiger partial charge is 0.417 e. The van der Waals surface area contributed by atoms with Gasteiger partial charge in [-0.05, 0) is 18.2 Å². The minimum Gasteiger partial charge on any atom is -0.494 e. The van der Waals surface area contributed by atoms with Gasteiger partial charge in [-0.3, -0.25) is 9.78 Å². The number of amides is 1. The van der Waals surface area contributed by atoms with E-state index in [2.05, 4.69) is 4.98 Å². The summed E-state index contributed by atoms with van der Waals surface area (Å²) in [4.78, 5) is 14.8. The van der Waals surface area contributed by atoms with Crippen molar-refractivity contribution < 1.29 is 22.7 Å². The van der Waals surface area contributed by atoms with Crippen molar-refractivity contribution in [3.8, 4) is 5.75 Å². The summed E-state index contributed by atoms with van der Waals surface area (Å²) >= 11 is 0. The molecule has 0 saturated carbocycles. The van der Waals surface area contributed by atoms with Gasteiger partial charge in [0.2, 0.25) is 5.91 Å². The summed E-state index contributed by atoms with van der Waals surface area (Å²) in [5.74, 6) is -0.558. The van der Waals surface area contributed by atoms with Crippen molar-refractivity contribution in [3.63, 3.8) is 0 Å². The second kappa shape index (κ2) is 4.42. The number of benzene rings is 1. The fourth-order valence-corrected chi connectivity index (χ4v) is 1.67. The molecule has 0 saturated heterocycles. The molecule has 0 fully saturated rings. The van der Waals surface area contributed by atoms with Crippen molar-refractivity contribution in [2.75, 3.05) is 7.11 Å². The van der Waals surface area contributed by atoms with Gasteiger partial charge in [0.25, 0.3) is 0 Å². The first-order valence-electron chi connectivity index (χ1n) is 5.17. The number of hydrogen-bond donors (Lipinski definition) is 1. The first-order chi connectivity index (χ1) is 8.82. The third-order valence-electron chi connectivity index (χ3n) is 2.58. The molecular weight excluding hydrogens is 261 g/mol. The van der Waals surface area contributed by atoms with Crippen LogP contribution in [0.5, 0.6) is 5.75 Å². The third kappa shape index (κ3) is 2.44. The number of nitrogens with two attached hydrogens (primary N) is 1. The summed E-state index contributed by atoms with van der Waals surface area (Å²) in [7, 11) is 1.33. The van der Waals surface area contributed by atoms with E-state index >= 15 is 0 Å².